The number of rotatable bonds is 5. The van der Waals surface area contributed by atoms with Crippen LogP contribution < -0.4 is 5.32 Å². The molecule has 7 nitrogen and oxygen atoms in total. The molecule has 0 aliphatic rings. The van der Waals surface area contributed by atoms with Gasteiger partial charge in [-0.2, -0.15) is 0 Å². The molecule has 1 amide bonds. The number of nitrogens with zero attached hydrogens (tertiary/aromatic N) is 2. The summed E-state index contributed by atoms with van der Waals surface area (Å²) in [5, 5.41) is 21.7. The summed E-state index contributed by atoms with van der Waals surface area (Å²) in [6, 6.07) is 1.19. The van der Waals surface area contributed by atoms with Gasteiger partial charge in [-0.25, -0.2) is 0 Å². The molecule has 17 heavy (non-hydrogen) atoms. The zero-order valence-corrected chi connectivity index (χ0v) is 9.34. The summed E-state index contributed by atoms with van der Waals surface area (Å²) in [5.74, 6) is -0.424. The lowest BCUT2D eigenvalue weighted by atomic mass is 10.2. The molecule has 0 fully saturated rings. The zero-order chi connectivity index (χ0) is 12.8. The molecule has 0 radical (unpaired) electrons. The Morgan fingerprint density at radius 2 is 2.35 bits per heavy atom. The summed E-state index contributed by atoms with van der Waals surface area (Å²) in [7, 11) is 0. The van der Waals surface area contributed by atoms with Crippen molar-refractivity contribution in [3.05, 3.63) is 33.6 Å². The minimum atomic E-state index is -0.600. The molecular formula is C10H13N3O4. The Balaban J connectivity index is 2.84. The molecule has 2 N–H and O–H groups in total. The average Bonchev–Trinajstić information content (AvgIpc) is 2.29. The predicted molar refractivity (Wildman–Crippen MR) is 59.7 cm³/mol. The lowest BCUT2D eigenvalue weighted by molar-refractivity contribution is -0.385. The van der Waals surface area contributed by atoms with Crippen molar-refractivity contribution >= 4 is 11.6 Å². The number of amides is 1. The molecule has 0 aliphatic carbocycles. The predicted octanol–water partition coefficient (Wildman–Crippen LogP) is 0.410. The first-order valence-electron chi connectivity index (χ1n) is 5.06. The van der Waals surface area contributed by atoms with E-state index in [1.807, 2.05) is 0 Å². The second-order valence-electron chi connectivity index (χ2n) is 3.42. The third kappa shape index (κ3) is 3.49. The minimum Gasteiger partial charge on any atom is -0.396 e. The van der Waals surface area contributed by atoms with Crippen molar-refractivity contribution in [3.8, 4) is 0 Å². The van der Waals surface area contributed by atoms with Gasteiger partial charge in [0.25, 0.3) is 11.6 Å². The van der Waals surface area contributed by atoms with Crippen molar-refractivity contribution in [1.29, 1.82) is 0 Å². The van der Waals surface area contributed by atoms with Crippen LogP contribution in [0.5, 0.6) is 0 Å². The normalized spacial score (nSPS) is 10.0. The molecule has 0 saturated heterocycles. The van der Waals surface area contributed by atoms with Gasteiger partial charge >= 0.3 is 0 Å². The highest BCUT2D eigenvalue weighted by Gasteiger charge is 2.15. The van der Waals surface area contributed by atoms with E-state index in [2.05, 4.69) is 10.3 Å². The van der Waals surface area contributed by atoms with Crippen LogP contribution in [0, 0.1) is 17.0 Å². The van der Waals surface area contributed by atoms with Crippen molar-refractivity contribution in [2.24, 2.45) is 0 Å². The summed E-state index contributed by atoms with van der Waals surface area (Å²) in [5.41, 5.74) is 0.386. The Kier molecular flexibility index (Phi) is 4.53. The highest BCUT2D eigenvalue weighted by molar-refractivity contribution is 5.95. The van der Waals surface area contributed by atoms with Crippen LogP contribution in [0.4, 0.5) is 5.69 Å². The van der Waals surface area contributed by atoms with E-state index in [1.165, 1.54) is 6.07 Å². The second kappa shape index (κ2) is 5.90. The molecule has 0 saturated carbocycles. The van der Waals surface area contributed by atoms with E-state index in [-0.39, 0.29) is 17.9 Å². The molecule has 1 aromatic rings. The van der Waals surface area contributed by atoms with Gasteiger partial charge in [-0.3, -0.25) is 19.9 Å². The van der Waals surface area contributed by atoms with E-state index >= 15 is 0 Å². The van der Waals surface area contributed by atoms with Gasteiger partial charge in [0.1, 0.15) is 6.20 Å². The van der Waals surface area contributed by atoms with Gasteiger partial charge in [0.15, 0.2) is 0 Å². The molecule has 1 aromatic heterocycles. The van der Waals surface area contributed by atoms with Gasteiger partial charge in [-0.15, -0.1) is 0 Å². The number of nitro groups is 1. The third-order valence-corrected chi connectivity index (χ3v) is 2.15. The average molecular weight is 239 g/mol. The highest BCUT2D eigenvalue weighted by atomic mass is 16.6. The van der Waals surface area contributed by atoms with Crippen LogP contribution in [0.15, 0.2) is 12.3 Å². The van der Waals surface area contributed by atoms with Crippen molar-refractivity contribution < 1.29 is 14.8 Å². The molecule has 92 valence electrons. The van der Waals surface area contributed by atoms with Gasteiger partial charge in [-0.05, 0) is 13.3 Å². The number of aryl methyl sites for hydroxylation is 1. The van der Waals surface area contributed by atoms with Crippen LogP contribution in [0.25, 0.3) is 0 Å². The lowest BCUT2D eigenvalue weighted by Crippen LogP contribution is -2.26. The number of aromatic nitrogens is 1. The summed E-state index contributed by atoms with van der Waals surface area (Å²) >= 11 is 0. The molecule has 0 unspecified atom stereocenters. The standard InChI is InChI=1S/C10H13N3O4/c1-7-9(10(15)11-3-2-4-14)5-8(6-12-7)13(16)17/h5-6,14H,2-4H2,1H3,(H,11,15). The number of carbonyl (C=O) groups excluding carboxylic acids is 1. The van der Waals surface area contributed by atoms with Gasteiger partial charge < -0.3 is 10.4 Å². The van der Waals surface area contributed by atoms with Crippen LogP contribution in [0.1, 0.15) is 22.5 Å². The summed E-state index contributed by atoms with van der Waals surface area (Å²) in [6.07, 6.45) is 1.55. The van der Waals surface area contributed by atoms with Crippen LogP contribution >= 0.6 is 0 Å². The monoisotopic (exact) mass is 239 g/mol. The number of nitrogens with one attached hydrogen (secondary N) is 1. The van der Waals surface area contributed by atoms with Crippen LogP contribution in [-0.2, 0) is 0 Å². The van der Waals surface area contributed by atoms with Crippen LogP contribution in [0.2, 0.25) is 0 Å². The number of hydrogen-bond donors (Lipinski definition) is 2. The van der Waals surface area contributed by atoms with Gasteiger partial charge in [0.05, 0.1) is 16.2 Å². The number of pyridine rings is 1. The molecule has 0 bridgehead atoms. The maximum absolute atomic E-state index is 11.7. The van der Waals surface area contributed by atoms with E-state index in [1.54, 1.807) is 6.92 Å². The fourth-order valence-corrected chi connectivity index (χ4v) is 1.23. The smallest absolute Gasteiger partial charge is 0.288 e. The molecule has 0 atom stereocenters. The maximum Gasteiger partial charge on any atom is 0.288 e. The Morgan fingerprint density at radius 1 is 1.65 bits per heavy atom. The van der Waals surface area contributed by atoms with Crippen LogP contribution in [-0.4, -0.2) is 34.1 Å². The first-order valence-corrected chi connectivity index (χ1v) is 5.06. The molecule has 1 heterocycles. The van der Waals surface area contributed by atoms with Gasteiger partial charge in [0, 0.05) is 19.2 Å². The largest absolute Gasteiger partial charge is 0.396 e. The molecular weight excluding hydrogens is 226 g/mol. The number of aliphatic hydroxyl groups is 1. The molecule has 0 aromatic carbocycles. The molecule has 0 aliphatic heterocycles. The molecule has 1 rings (SSSR count). The SMILES string of the molecule is Cc1ncc([N+](=O)[O-])cc1C(=O)NCCCO. The van der Waals surface area contributed by atoms with E-state index in [0.717, 1.165) is 6.20 Å². The van der Waals surface area contributed by atoms with E-state index in [0.29, 0.717) is 18.7 Å². The molecule has 0 spiro atoms. The van der Waals surface area contributed by atoms with Crippen molar-refractivity contribution in [3.63, 3.8) is 0 Å². The fourth-order valence-electron chi connectivity index (χ4n) is 1.23. The van der Waals surface area contributed by atoms with Crippen molar-refractivity contribution in [2.75, 3.05) is 13.2 Å². The van der Waals surface area contributed by atoms with Crippen molar-refractivity contribution in [1.82, 2.24) is 10.3 Å². The second-order valence-corrected chi connectivity index (χ2v) is 3.42. The number of hydrogen-bond acceptors (Lipinski definition) is 5. The van der Waals surface area contributed by atoms with Gasteiger partial charge in [-0.1, -0.05) is 0 Å². The summed E-state index contributed by atoms with van der Waals surface area (Å²) in [4.78, 5) is 25.4. The topological polar surface area (TPSA) is 105 Å². The highest BCUT2D eigenvalue weighted by Crippen LogP contribution is 2.14. The van der Waals surface area contributed by atoms with Crippen molar-refractivity contribution in [2.45, 2.75) is 13.3 Å². The summed E-state index contributed by atoms with van der Waals surface area (Å²) < 4.78 is 0. The fraction of sp³-hybridized carbons (Fsp3) is 0.400. The zero-order valence-electron chi connectivity index (χ0n) is 9.34. The Hall–Kier alpha value is -2.02. The number of aliphatic hydroxyl groups excluding tert-OH is 1. The lowest BCUT2D eigenvalue weighted by Gasteiger charge is -2.05. The van der Waals surface area contributed by atoms with E-state index in [4.69, 9.17) is 5.11 Å². The Morgan fingerprint density at radius 3 is 2.94 bits per heavy atom. The minimum absolute atomic E-state index is 0.0214. The molecule has 7 heteroatoms. The number of carbonyl (C=O) groups is 1. The van der Waals surface area contributed by atoms with E-state index < -0.39 is 10.8 Å². The quantitative estimate of drug-likeness (QED) is 0.440. The maximum atomic E-state index is 11.7. The van der Waals surface area contributed by atoms with Crippen LogP contribution in [0.3, 0.4) is 0 Å². The Labute approximate surface area is 97.6 Å². The first kappa shape index (κ1) is 13.0. The van der Waals surface area contributed by atoms with E-state index in [9.17, 15) is 14.9 Å². The first-order chi connectivity index (χ1) is 8.06. The third-order valence-electron chi connectivity index (χ3n) is 2.15. The summed E-state index contributed by atoms with van der Waals surface area (Å²) in [6.45, 7) is 1.90. The Bertz CT molecular complexity index is 434. The van der Waals surface area contributed by atoms with Gasteiger partial charge in [0.2, 0.25) is 0 Å².